The van der Waals surface area contributed by atoms with Crippen LogP contribution in [0, 0.1) is 5.92 Å². The first-order valence-electron chi connectivity index (χ1n) is 6.59. The van der Waals surface area contributed by atoms with E-state index in [9.17, 15) is 4.79 Å². The van der Waals surface area contributed by atoms with Crippen LogP contribution in [0.25, 0.3) is 0 Å². The summed E-state index contributed by atoms with van der Waals surface area (Å²) in [7, 11) is 0. The number of benzene rings is 1. The van der Waals surface area contributed by atoms with Crippen molar-refractivity contribution in [3.63, 3.8) is 0 Å². The second-order valence-electron chi connectivity index (χ2n) is 4.92. The zero-order valence-electron chi connectivity index (χ0n) is 11.0. The Bertz CT molecular complexity index is 467. The van der Waals surface area contributed by atoms with E-state index < -0.39 is 0 Å². The molecule has 3 nitrogen and oxygen atoms in total. The van der Waals surface area contributed by atoms with Gasteiger partial charge in [-0.15, -0.1) is 12.6 Å². The number of amides is 1. The van der Waals surface area contributed by atoms with Crippen LogP contribution in [0.15, 0.2) is 27.6 Å². The molecule has 19 heavy (non-hydrogen) atoms. The molecule has 104 valence electrons. The highest BCUT2D eigenvalue weighted by Gasteiger charge is 2.21. The van der Waals surface area contributed by atoms with Gasteiger partial charge in [-0.25, -0.2) is 0 Å². The van der Waals surface area contributed by atoms with Crippen LogP contribution < -0.4 is 5.32 Å². The van der Waals surface area contributed by atoms with E-state index in [-0.39, 0.29) is 5.91 Å². The van der Waals surface area contributed by atoms with Crippen LogP contribution >= 0.6 is 28.6 Å². The van der Waals surface area contributed by atoms with Crippen molar-refractivity contribution in [1.29, 1.82) is 0 Å². The van der Waals surface area contributed by atoms with Crippen molar-refractivity contribution < 1.29 is 4.79 Å². The summed E-state index contributed by atoms with van der Waals surface area (Å²) >= 11 is 7.67. The minimum Gasteiger partial charge on any atom is -0.352 e. The second-order valence-corrected chi connectivity index (χ2v) is 6.29. The maximum Gasteiger partial charge on any atom is 0.252 e. The summed E-state index contributed by atoms with van der Waals surface area (Å²) < 4.78 is 0.810. The lowest BCUT2D eigenvalue weighted by molar-refractivity contribution is 0.0946. The largest absolute Gasteiger partial charge is 0.352 e. The highest BCUT2D eigenvalue weighted by Crippen LogP contribution is 2.20. The molecule has 2 rings (SSSR count). The molecule has 1 aliphatic rings. The van der Waals surface area contributed by atoms with Crippen molar-refractivity contribution in [1.82, 2.24) is 10.2 Å². The summed E-state index contributed by atoms with van der Waals surface area (Å²) in [5.74, 6) is 0.541. The molecule has 0 aromatic heterocycles. The average molecular weight is 343 g/mol. The molecular weight excluding hydrogens is 324 g/mol. The standard InChI is InChI=1S/C14H19BrN2OS/c1-2-17-6-5-10(9-17)8-16-14(18)12-7-11(19)3-4-13(12)15/h3-4,7,10,19H,2,5-6,8-9H2,1H3,(H,16,18). The van der Waals surface area contributed by atoms with E-state index in [1.807, 2.05) is 12.1 Å². The van der Waals surface area contributed by atoms with Gasteiger partial charge >= 0.3 is 0 Å². The third kappa shape index (κ3) is 3.97. The van der Waals surface area contributed by atoms with Crippen LogP contribution in [0.1, 0.15) is 23.7 Å². The summed E-state index contributed by atoms with van der Waals surface area (Å²) in [5.41, 5.74) is 0.651. The van der Waals surface area contributed by atoms with Crippen molar-refractivity contribution in [2.45, 2.75) is 18.2 Å². The number of hydrogen-bond donors (Lipinski definition) is 2. The highest BCUT2D eigenvalue weighted by molar-refractivity contribution is 9.10. The normalized spacial score (nSPS) is 19.6. The van der Waals surface area contributed by atoms with E-state index in [0.29, 0.717) is 11.5 Å². The molecule has 0 spiro atoms. The molecule has 0 saturated carbocycles. The fraction of sp³-hybridized carbons (Fsp3) is 0.500. The van der Waals surface area contributed by atoms with Gasteiger partial charge in [-0.1, -0.05) is 6.92 Å². The first kappa shape index (κ1) is 14.9. The van der Waals surface area contributed by atoms with Gasteiger partial charge in [0.05, 0.1) is 5.56 Å². The molecule has 0 radical (unpaired) electrons. The SMILES string of the molecule is CCN1CCC(CNC(=O)c2cc(S)ccc2Br)C1. The third-order valence-corrected chi connectivity index (χ3v) is 4.53. The number of nitrogens with zero attached hydrogens (tertiary/aromatic N) is 1. The number of carbonyl (C=O) groups excluding carboxylic acids is 1. The molecular formula is C14H19BrN2OS. The zero-order chi connectivity index (χ0) is 13.8. The molecule has 1 saturated heterocycles. The summed E-state index contributed by atoms with van der Waals surface area (Å²) in [4.78, 5) is 15.4. The Balaban J connectivity index is 1.89. The molecule has 1 unspecified atom stereocenters. The van der Waals surface area contributed by atoms with Gasteiger partial charge < -0.3 is 10.2 Å². The lowest BCUT2D eigenvalue weighted by atomic mass is 10.1. The van der Waals surface area contributed by atoms with Crippen molar-refractivity contribution in [2.24, 2.45) is 5.92 Å². The zero-order valence-corrected chi connectivity index (χ0v) is 13.5. The molecule has 1 N–H and O–H groups in total. The van der Waals surface area contributed by atoms with Gasteiger partial charge in [-0.2, -0.15) is 0 Å². The molecule has 1 aromatic rings. The Labute approximate surface area is 128 Å². The van der Waals surface area contributed by atoms with Gasteiger partial charge in [0.25, 0.3) is 5.91 Å². The van der Waals surface area contributed by atoms with Crippen LogP contribution in [0.2, 0.25) is 0 Å². The molecule has 1 aromatic carbocycles. The number of rotatable bonds is 4. The maximum absolute atomic E-state index is 12.1. The van der Waals surface area contributed by atoms with Crippen LogP contribution in [0.5, 0.6) is 0 Å². The van der Waals surface area contributed by atoms with Crippen LogP contribution in [0.4, 0.5) is 0 Å². The molecule has 1 heterocycles. The predicted molar refractivity (Wildman–Crippen MR) is 83.9 cm³/mol. The van der Waals surface area contributed by atoms with Gasteiger partial charge in [0, 0.05) is 22.5 Å². The van der Waals surface area contributed by atoms with Crippen molar-refractivity contribution in [3.8, 4) is 0 Å². The Kier molecular flexibility index (Phi) is 5.30. The number of carbonyl (C=O) groups is 1. The topological polar surface area (TPSA) is 32.3 Å². The smallest absolute Gasteiger partial charge is 0.252 e. The summed E-state index contributed by atoms with van der Waals surface area (Å²) in [5, 5.41) is 3.02. The minimum absolute atomic E-state index is 0.0299. The number of nitrogens with one attached hydrogen (secondary N) is 1. The maximum atomic E-state index is 12.1. The number of hydrogen-bond acceptors (Lipinski definition) is 3. The molecule has 1 atom stereocenters. The molecule has 1 aliphatic heterocycles. The Morgan fingerprint density at radius 3 is 3.05 bits per heavy atom. The Morgan fingerprint density at radius 2 is 2.37 bits per heavy atom. The van der Waals surface area contributed by atoms with Gasteiger partial charge in [-0.3, -0.25) is 4.79 Å². The van der Waals surface area contributed by atoms with E-state index in [1.54, 1.807) is 6.07 Å². The van der Waals surface area contributed by atoms with E-state index in [1.165, 1.54) is 6.42 Å². The first-order valence-corrected chi connectivity index (χ1v) is 7.83. The van der Waals surface area contributed by atoms with E-state index in [4.69, 9.17) is 0 Å². The fourth-order valence-electron chi connectivity index (χ4n) is 2.39. The van der Waals surface area contributed by atoms with E-state index >= 15 is 0 Å². The van der Waals surface area contributed by atoms with Gasteiger partial charge in [-0.05, 0) is 59.6 Å². The number of thiol groups is 1. The minimum atomic E-state index is -0.0299. The van der Waals surface area contributed by atoms with Crippen LogP contribution in [-0.4, -0.2) is 37.0 Å². The van der Waals surface area contributed by atoms with Crippen LogP contribution in [-0.2, 0) is 0 Å². The lowest BCUT2D eigenvalue weighted by Gasteiger charge is -2.14. The molecule has 1 amide bonds. The second kappa shape index (κ2) is 6.77. The van der Waals surface area contributed by atoms with Crippen molar-refractivity contribution >= 4 is 34.5 Å². The summed E-state index contributed by atoms with van der Waals surface area (Å²) in [6, 6.07) is 5.50. The third-order valence-electron chi connectivity index (χ3n) is 3.56. The van der Waals surface area contributed by atoms with Crippen LogP contribution in [0.3, 0.4) is 0 Å². The molecule has 1 fully saturated rings. The summed E-state index contributed by atoms with van der Waals surface area (Å²) in [6.07, 6.45) is 1.17. The Morgan fingerprint density at radius 1 is 1.58 bits per heavy atom. The van der Waals surface area contributed by atoms with E-state index in [2.05, 4.69) is 45.7 Å². The average Bonchev–Trinajstić information content (AvgIpc) is 2.87. The van der Waals surface area contributed by atoms with E-state index in [0.717, 1.165) is 35.5 Å². The monoisotopic (exact) mass is 342 g/mol. The molecule has 0 bridgehead atoms. The highest BCUT2D eigenvalue weighted by atomic mass is 79.9. The number of likely N-dealkylation sites (tertiary alicyclic amines) is 1. The van der Waals surface area contributed by atoms with Crippen molar-refractivity contribution in [2.75, 3.05) is 26.2 Å². The predicted octanol–water partition coefficient (Wildman–Crippen LogP) is 2.81. The number of halogens is 1. The molecule has 0 aliphatic carbocycles. The Hall–Kier alpha value is -0.520. The van der Waals surface area contributed by atoms with Gasteiger partial charge in [0.1, 0.15) is 0 Å². The summed E-state index contributed by atoms with van der Waals surface area (Å²) in [6.45, 7) is 6.25. The quantitative estimate of drug-likeness (QED) is 0.824. The first-order chi connectivity index (χ1) is 9.10. The van der Waals surface area contributed by atoms with Crippen molar-refractivity contribution in [3.05, 3.63) is 28.2 Å². The van der Waals surface area contributed by atoms with Gasteiger partial charge in [0.15, 0.2) is 0 Å². The molecule has 5 heteroatoms. The van der Waals surface area contributed by atoms with Gasteiger partial charge in [0.2, 0.25) is 0 Å². The lowest BCUT2D eigenvalue weighted by Crippen LogP contribution is -2.31. The fourth-order valence-corrected chi connectivity index (χ4v) is 3.02.